The van der Waals surface area contributed by atoms with Crippen LogP contribution in [0.1, 0.15) is 12.1 Å². The molecule has 0 aliphatic carbocycles. The van der Waals surface area contributed by atoms with Crippen molar-refractivity contribution in [3.8, 4) is 0 Å². The van der Waals surface area contributed by atoms with E-state index in [1.165, 1.54) is 0 Å². The zero-order valence-electron chi connectivity index (χ0n) is 8.99. The van der Waals surface area contributed by atoms with Gasteiger partial charge in [0.25, 0.3) is 0 Å². The number of ether oxygens (including phenoxy) is 2. The summed E-state index contributed by atoms with van der Waals surface area (Å²) in [6.07, 6.45) is 4.65. The van der Waals surface area contributed by atoms with Crippen LogP contribution in [0.2, 0.25) is 0 Å². The smallest absolute Gasteiger partial charge is 0.0950 e. The van der Waals surface area contributed by atoms with E-state index >= 15 is 0 Å². The van der Waals surface area contributed by atoms with Gasteiger partial charge >= 0.3 is 0 Å². The first-order valence-electron chi connectivity index (χ1n) is 5.00. The molecular weight excluding hydrogens is 216 g/mol. The fourth-order valence-electron chi connectivity index (χ4n) is 1.18. The molecule has 1 rings (SSSR count). The summed E-state index contributed by atoms with van der Waals surface area (Å²) in [5, 5.41) is 0. The summed E-state index contributed by atoms with van der Waals surface area (Å²) in [5.74, 6) is 0.460. The van der Waals surface area contributed by atoms with Crippen molar-refractivity contribution in [3.63, 3.8) is 0 Å². The Morgan fingerprint density at radius 3 is 2.93 bits per heavy atom. The molecule has 0 atom stereocenters. The van der Waals surface area contributed by atoms with Crippen LogP contribution in [0.15, 0.2) is 12.5 Å². The lowest BCUT2D eigenvalue weighted by Gasteiger charge is -2.04. The van der Waals surface area contributed by atoms with Gasteiger partial charge in [-0.3, -0.25) is 0 Å². The van der Waals surface area contributed by atoms with Crippen LogP contribution in [-0.2, 0) is 21.9 Å². The lowest BCUT2D eigenvalue weighted by Crippen LogP contribution is -2.06. The summed E-state index contributed by atoms with van der Waals surface area (Å²) in [6, 6.07) is 0. The maximum absolute atomic E-state index is 5.64. The number of aromatic nitrogens is 2. The van der Waals surface area contributed by atoms with Gasteiger partial charge in [0.2, 0.25) is 0 Å². The molecule has 0 bridgehead atoms. The molecule has 15 heavy (non-hydrogen) atoms. The van der Waals surface area contributed by atoms with Crippen LogP contribution in [0.25, 0.3) is 0 Å². The number of alkyl halides is 1. The van der Waals surface area contributed by atoms with Crippen molar-refractivity contribution in [2.24, 2.45) is 0 Å². The third-order valence-electron chi connectivity index (χ3n) is 1.95. The molecule has 0 saturated heterocycles. The van der Waals surface area contributed by atoms with Gasteiger partial charge in [-0.05, 0) is 6.42 Å². The first-order chi connectivity index (χ1) is 7.36. The van der Waals surface area contributed by atoms with Gasteiger partial charge in [0.1, 0.15) is 0 Å². The van der Waals surface area contributed by atoms with Gasteiger partial charge < -0.3 is 14.0 Å². The van der Waals surface area contributed by atoms with Crippen molar-refractivity contribution < 1.29 is 9.47 Å². The molecule has 0 aliphatic rings. The summed E-state index contributed by atoms with van der Waals surface area (Å²) >= 11 is 5.64. The van der Waals surface area contributed by atoms with E-state index in [4.69, 9.17) is 21.1 Å². The van der Waals surface area contributed by atoms with Crippen LogP contribution in [0.4, 0.5) is 0 Å². The molecular formula is C10H17ClN2O2. The summed E-state index contributed by atoms with van der Waals surface area (Å²) in [6.45, 7) is 3.01. The molecule has 5 heteroatoms. The zero-order chi connectivity index (χ0) is 10.9. The highest BCUT2D eigenvalue weighted by atomic mass is 35.5. The SMILES string of the molecule is COCCCOCCn1cnc(CCl)c1. The van der Waals surface area contributed by atoms with Crippen LogP contribution in [0.5, 0.6) is 0 Å². The molecule has 1 heterocycles. The Morgan fingerprint density at radius 2 is 2.27 bits per heavy atom. The number of methoxy groups -OCH3 is 1. The van der Waals surface area contributed by atoms with Gasteiger partial charge in [-0.2, -0.15) is 0 Å². The van der Waals surface area contributed by atoms with Crippen LogP contribution in [0.3, 0.4) is 0 Å². The maximum atomic E-state index is 5.64. The van der Waals surface area contributed by atoms with E-state index in [0.29, 0.717) is 12.5 Å². The molecule has 4 nitrogen and oxygen atoms in total. The second-order valence-corrected chi connectivity index (χ2v) is 3.46. The lowest BCUT2D eigenvalue weighted by atomic mass is 10.5. The highest BCUT2D eigenvalue weighted by Gasteiger charge is 1.96. The Kier molecular flexibility index (Phi) is 6.39. The number of nitrogens with zero attached hydrogens (tertiary/aromatic N) is 2. The maximum Gasteiger partial charge on any atom is 0.0950 e. The zero-order valence-corrected chi connectivity index (χ0v) is 9.74. The molecule has 86 valence electrons. The van der Waals surface area contributed by atoms with Gasteiger partial charge in [-0.1, -0.05) is 0 Å². The van der Waals surface area contributed by atoms with Crippen LogP contribution in [-0.4, -0.2) is 36.5 Å². The predicted molar refractivity (Wildman–Crippen MR) is 59.1 cm³/mol. The van der Waals surface area contributed by atoms with Crippen molar-refractivity contribution in [2.75, 3.05) is 26.9 Å². The van der Waals surface area contributed by atoms with Crippen LogP contribution >= 0.6 is 11.6 Å². The summed E-state index contributed by atoms with van der Waals surface area (Å²) in [4.78, 5) is 4.12. The van der Waals surface area contributed by atoms with Crippen molar-refractivity contribution in [3.05, 3.63) is 18.2 Å². The first kappa shape index (κ1) is 12.5. The fourth-order valence-corrected chi connectivity index (χ4v) is 1.31. The van der Waals surface area contributed by atoms with Crippen molar-refractivity contribution in [2.45, 2.75) is 18.8 Å². The summed E-state index contributed by atoms with van der Waals surface area (Å²) in [5.41, 5.74) is 0.899. The minimum Gasteiger partial charge on any atom is -0.385 e. The van der Waals surface area contributed by atoms with Gasteiger partial charge in [0, 0.05) is 33.1 Å². The monoisotopic (exact) mass is 232 g/mol. The number of halogens is 1. The Labute approximate surface area is 95.2 Å². The third-order valence-corrected chi connectivity index (χ3v) is 2.23. The molecule has 0 N–H and O–H groups in total. The number of hydrogen-bond donors (Lipinski definition) is 0. The van der Waals surface area contributed by atoms with Gasteiger partial charge in [-0.15, -0.1) is 11.6 Å². The lowest BCUT2D eigenvalue weighted by molar-refractivity contribution is 0.0977. The second kappa shape index (κ2) is 7.68. The highest BCUT2D eigenvalue weighted by molar-refractivity contribution is 6.16. The fraction of sp³-hybridized carbons (Fsp3) is 0.700. The molecule has 0 unspecified atom stereocenters. The molecule has 0 aliphatic heterocycles. The Morgan fingerprint density at radius 1 is 1.40 bits per heavy atom. The second-order valence-electron chi connectivity index (χ2n) is 3.20. The molecule has 0 spiro atoms. The van der Waals surface area contributed by atoms with Crippen LogP contribution < -0.4 is 0 Å². The average Bonchev–Trinajstić information content (AvgIpc) is 2.71. The normalized spacial score (nSPS) is 10.8. The predicted octanol–water partition coefficient (Wildman–Crippen LogP) is 1.67. The van der Waals surface area contributed by atoms with E-state index < -0.39 is 0 Å². The van der Waals surface area contributed by atoms with Gasteiger partial charge in [0.05, 0.1) is 24.5 Å². The molecule has 0 amide bonds. The van der Waals surface area contributed by atoms with Crippen molar-refractivity contribution >= 4 is 11.6 Å². The van der Waals surface area contributed by atoms with E-state index in [1.54, 1.807) is 13.4 Å². The number of hydrogen-bond acceptors (Lipinski definition) is 3. The molecule has 0 radical (unpaired) electrons. The Balaban J connectivity index is 2.04. The first-order valence-corrected chi connectivity index (χ1v) is 5.53. The standard InChI is InChI=1S/C10H17ClN2O2/c1-14-4-2-5-15-6-3-13-8-10(7-11)12-9-13/h8-9H,2-7H2,1H3. The van der Waals surface area contributed by atoms with Gasteiger partial charge in [0.15, 0.2) is 0 Å². The number of imidazole rings is 1. The molecule has 0 fully saturated rings. The molecule has 1 aromatic heterocycles. The minimum atomic E-state index is 0.460. The van der Waals surface area contributed by atoms with Gasteiger partial charge in [-0.25, -0.2) is 4.98 Å². The highest BCUT2D eigenvalue weighted by Crippen LogP contribution is 1.99. The third kappa shape index (κ3) is 5.16. The van der Waals surface area contributed by atoms with Crippen LogP contribution in [0, 0.1) is 0 Å². The average molecular weight is 233 g/mol. The van der Waals surface area contributed by atoms with E-state index in [-0.39, 0.29) is 0 Å². The van der Waals surface area contributed by atoms with E-state index in [1.807, 2.05) is 10.8 Å². The quantitative estimate of drug-likeness (QED) is 0.505. The molecule has 0 aromatic carbocycles. The molecule has 0 saturated carbocycles. The Bertz CT molecular complexity index is 266. The van der Waals surface area contributed by atoms with Crippen molar-refractivity contribution in [1.82, 2.24) is 9.55 Å². The van der Waals surface area contributed by atoms with E-state index in [0.717, 1.165) is 31.9 Å². The molecule has 1 aromatic rings. The van der Waals surface area contributed by atoms with E-state index in [2.05, 4.69) is 4.98 Å². The topological polar surface area (TPSA) is 36.3 Å². The largest absolute Gasteiger partial charge is 0.385 e. The number of rotatable bonds is 8. The Hall–Kier alpha value is -0.580. The van der Waals surface area contributed by atoms with E-state index in [9.17, 15) is 0 Å². The van der Waals surface area contributed by atoms with Crippen molar-refractivity contribution in [1.29, 1.82) is 0 Å². The summed E-state index contributed by atoms with van der Waals surface area (Å²) in [7, 11) is 1.69. The minimum absolute atomic E-state index is 0.460. The summed E-state index contributed by atoms with van der Waals surface area (Å²) < 4.78 is 12.3.